The van der Waals surface area contributed by atoms with Crippen LogP contribution in [0.3, 0.4) is 0 Å². The van der Waals surface area contributed by atoms with E-state index in [1.807, 2.05) is 19.1 Å². The summed E-state index contributed by atoms with van der Waals surface area (Å²) in [6, 6.07) is 13.3. The number of fused-ring (bicyclic) bond motifs is 2. The summed E-state index contributed by atoms with van der Waals surface area (Å²) in [5.74, 6) is 0.337. The van der Waals surface area contributed by atoms with Gasteiger partial charge in [-0.05, 0) is 24.6 Å². The number of nitrogens with zero attached hydrogens (tertiary/aromatic N) is 1. The zero-order valence-electron chi connectivity index (χ0n) is 15.4. The first kappa shape index (κ1) is 18.9. The summed E-state index contributed by atoms with van der Waals surface area (Å²) in [5.41, 5.74) is 0.967. The molecule has 6 heteroatoms. The highest BCUT2D eigenvalue weighted by atomic mass is 16.5. The fourth-order valence-corrected chi connectivity index (χ4v) is 3.20. The first-order valence-corrected chi connectivity index (χ1v) is 9.22. The number of ether oxygens (including phenoxy) is 1. The minimum absolute atomic E-state index is 0.0490. The van der Waals surface area contributed by atoms with Gasteiger partial charge in [0.15, 0.2) is 0 Å². The fraction of sp³-hybridized carbons (Fsp3) is 0.333. The molecule has 0 fully saturated rings. The topological polar surface area (TPSA) is 78.9 Å². The molecule has 6 nitrogen and oxygen atoms in total. The first-order valence-electron chi connectivity index (χ1n) is 9.22. The van der Waals surface area contributed by atoms with Gasteiger partial charge in [-0.15, -0.1) is 0 Å². The summed E-state index contributed by atoms with van der Waals surface area (Å²) < 4.78 is 6.00. The van der Waals surface area contributed by atoms with E-state index in [0.717, 1.165) is 12.8 Å². The summed E-state index contributed by atoms with van der Waals surface area (Å²) >= 11 is 0. The zero-order chi connectivity index (χ0) is 19.2. The monoisotopic (exact) mass is 368 g/mol. The number of benzene rings is 2. The molecule has 27 heavy (non-hydrogen) atoms. The number of β-amino-alcohol motifs (C(OH)–C–C–N with tert-alkyl or cyclic N) is 1. The molecule has 2 N–H and O–H groups in total. The Balaban J connectivity index is 2.09. The quantitative estimate of drug-likeness (QED) is 0.769. The molecule has 2 amide bonds. The van der Waals surface area contributed by atoms with Crippen LogP contribution in [-0.4, -0.2) is 41.5 Å². The third-order valence-corrected chi connectivity index (χ3v) is 4.54. The standard InChI is InChI=1S/C21H24N2O4/c1-2-3-12-22-20(25)19-15-8-4-6-10-17(15)27-18-11-7-5-9-16(18)21(26)23(19)13-14-24/h4-11,19,24H,2-3,12-14H2,1H3,(H,22,25). The van der Waals surface area contributed by atoms with Crippen LogP contribution in [0, 0.1) is 0 Å². The Morgan fingerprint density at radius 1 is 1.15 bits per heavy atom. The second-order valence-corrected chi connectivity index (χ2v) is 6.41. The molecular weight excluding hydrogens is 344 g/mol. The van der Waals surface area contributed by atoms with Crippen LogP contribution in [0.4, 0.5) is 0 Å². The van der Waals surface area contributed by atoms with E-state index in [4.69, 9.17) is 4.74 Å². The molecule has 2 aromatic carbocycles. The predicted octanol–water partition coefficient (Wildman–Crippen LogP) is 2.88. The van der Waals surface area contributed by atoms with E-state index in [0.29, 0.717) is 29.2 Å². The lowest BCUT2D eigenvalue weighted by Crippen LogP contribution is -2.46. The molecule has 0 aliphatic carbocycles. The van der Waals surface area contributed by atoms with Crippen molar-refractivity contribution < 1.29 is 19.4 Å². The fourth-order valence-electron chi connectivity index (χ4n) is 3.20. The van der Waals surface area contributed by atoms with Gasteiger partial charge in [0.2, 0.25) is 5.91 Å². The van der Waals surface area contributed by atoms with Crippen molar-refractivity contribution in [3.05, 3.63) is 59.7 Å². The van der Waals surface area contributed by atoms with Crippen LogP contribution in [0.15, 0.2) is 48.5 Å². The number of carbonyl (C=O) groups excluding carboxylic acids is 2. The number of hydrogen-bond acceptors (Lipinski definition) is 4. The van der Waals surface area contributed by atoms with Crippen LogP contribution in [0.1, 0.15) is 41.7 Å². The Hall–Kier alpha value is -2.86. The Morgan fingerprint density at radius 2 is 1.85 bits per heavy atom. The number of aliphatic hydroxyl groups excluding tert-OH is 1. The van der Waals surface area contributed by atoms with Gasteiger partial charge in [-0.2, -0.15) is 0 Å². The SMILES string of the molecule is CCCCNC(=O)C1c2ccccc2Oc2ccccc2C(=O)N1CCO. The van der Waals surface area contributed by atoms with Crippen LogP contribution >= 0.6 is 0 Å². The summed E-state index contributed by atoms with van der Waals surface area (Å²) in [7, 11) is 0. The van der Waals surface area contributed by atoms with Crippen LogP contribution in [-0.2, 0) is 4.79 Å². The Morgan fingerprint density at radius 3 is 2.59 bits per heavy atom. The van der Waals surface area contributed by atoms with Crippen LogP contribution in [0.5, 0.6) is 11.5 Å². The number of carbonyl (C=O) groups is 2. The van der Waals surface area contributed by atoms with Crippen molar-refractivity contribution >= 4 is 11.8 Å². The average Bonchev–Trinajstić information content (AvgIpc) is 2.68. The summed E-state index contributed by atoms with van der Waals surface area (Å²) in [6.45, 7) is 2.39. The lowest BCUT2D eigenvalue weighted by Gasteiger charge is -2.34. The molecule has 0 bridgehead atoms. The molecule has 2 aromatic rings. The molecule has 1 aliphatic heterocycles. The lowest BCUT2D eigenvalue weighted by molar-refractivity contribution is -0.126. The maximum atomic E-state index is 13.2. The van der Waals surface area contributed by atoms with E-state index in [-0.39, 0.29) is 25.0 Å². The number of unbranched alkanes of at least 4 members (excludes halogenated alkanes) is 1. The van der Waals surface area contributed by atoms with E-state index in [9.17, 15) is 14.7 Å². The smallest absolute Gasteiger partial charge is 0.258 e. The molecule has 0 saturated carbocycles. The number of aliphatic hydroxyl groups is 1. The van der Waals surface area contributed by atoms with Crippen LogP contribution < -0.4 is 10.1 Å². The highest BCUT2D eigenvalue weighted by Crippen LogP contribution is 2.38. The average molecular weight is 368 g/mol. The molecule has 1 atom stereocenters. The normalized spacial score (nSPS) is 15.9. The third kappa shape index (κ3) is 3.95. The second-order valence-electron chi connectivity index (χ2n) is 6.41. The summed E-state index contributed by atoms with van der Waals surface area (Å²) in [6.07, 6.45) is 1.81. The van der Waals surface area contributed by atoms with E-state index in [1.165, 1.54) is 4.90 Å². The van der Waals surface area contributed by atoms with Gasteiger partial charge in [-0.1, -0.05) is 43.7 Å². The Kier molecular flexibility index (Phi) is 6.08. The Bertz CT molecular complexity index is 821. The van der Waals surface area contributed by atoms with Gasteiger partial charge in [0, 0.05) is 18.7 Å². The van der Waals surface area contributed by atoms with Crippen LogP contribution in [0.2, 0.25) is 0 Å². The van der Waals surface area contributed by atoms with Crippen molar-refractivity contribution in [2.75, 3.05) is 19.7 Å². The van der Waals surface area contributed by atoms with Gasteiger partial charge in [0.1, 0.15) is 17.5 Å². The largest absolute Gasteiger partial charge is 0.456 e. The maximum Gasteiger partial charge on any atom is 0.258 e. The van der Waals surface area contributed by atoms with E-state index in [1.54, 1.807) is 36.4 Å². The summed E-state index contributed by atoms with van der Waals surface area (Å²) in [4.78, 5) is 27.6. The van der Waals surface area contributed by atoms with Gasteiger partial charge in [0.05, 0.1) is 12.2 Å². The molecule has 1 aliphatic rings. The van der Waals surface area contributed by atoms with Gasteiger partial charge < -0.3 is 20.1 Å². The van der Waals surface area contributed by atoms with E-state index < -0.39 is 6.04 Å². The highest BCUT2D eigenvalue weighted by molar-refractivity contribution is 6.00. The number of nitrogens with one attached hydrogen (secondary N) is 1. The molecule has 0 saturated heterocycles. The lowest BCUT2D eigenvalue weighted by atomic mass is 10.00. The van der Waals surface area contributed by atoms with Gasteiger partial charge in [0.25, 0.3) is 5.91 Å². The molecule has 3 rings (SSSR count). The molecule has 1 unspecified atom stereocenters. The van der Waals surface area contributed by atoms with E-state index >= 15 is 0 Å². The summed E-state index contributed by atoms with van der Waals surface area (Å²) in [5, 5.41) is 12.5. The van der Waals surface area contributed by atoms with Crippen LogP contribution in [0.25, 0.3) is 0 Å². The van der Waals surface area contributed by atoms with E-state index in [2.05, 4.69) is 5.32 Å². The number of para-hydroxylation sites is 2. The van der Waals surface area contributed by atoms with Crippen molar-refractivity contribution in [2.24, 2.45) is 0 Å². The molecule has 1 heterocycles. The van der Waals surface area contributed by atoms with Crippen molar-refractivity contribution in [1.29, 1.82) is 0 Å². The number of rotatable bonds is 6. The molecule has 0 radical (unpaired) electrons. The molecule has 142 valence electrons. The maximum absolute atomic E-state index is 13.2. The first-order chi connectivity index (χ1) is 13.2. The van der Waals surface area contributed by atoms with Gasteiger partial charge in [-0.25, -0.2) is 0 Å². The zero-order valence-corrected chi connectivity index (χ0v) is 15.4. The Labute approximate surface area is 158 Å². The second kappa shape index (κ2) is 8.68. The molecular formula is C21H24N2O4. The minimum atomic E-state index is -0.869. The van der Waals surface area contributed by atoms with Crippen molar-refractivity contribution in [3.63, 3.8) is 0 Å². The predicted molar refractivity (Wildman–Crippen MR) is 102 cm³/mol. The molecule has 0 aromatic heterocycles. The van der Waals surface area contributed by atoms with Gasteiger partial charge >= 0.3 is 0 Å². The van der Waals surface area contributed by atoms with Crippen molar-refractivity contribution in [3.8, 4) is 11.5 Å². The minimum Gasteiger partial charge on any atom is -0.456 e. The van der Waals surface area contributed by atoms with Gasteiger partial charge in [-0.3, -0.25) is 9.59 Å². The third-order valence-electron chi connectivity index (χ3n) is 4.54. The van der Waals surface area contributed by atoms with Crippen molar-refractivity contribution in [1.82, 2.24) is 10.2 Å². The molecule has 0 spiro atoms. The number of amides is 2. The van der Waals surface area contributed by atoms with Crippen molar-refractivity contribution in [2.45, 2.75) is 25.8 Å². The highest BCUT2D eigenvalue weighted by Gasteiger charge is 2.36. The number of hydrogen-bond donors (Lipinski definition) is 2.